The molecule has 0 radical (unpaired) electrons. The summed E-state index contributed by atoms with van der Waals surface area (Å²) in [6, 6.07) is 14.9. The van der Waals surface area contributed by atoms with Crippen LogP contribution in [0.4, 0.5) is 0 Å². The minimum Gasteiger partial charge on any atom is -0.304 e. The van der Waals surface area contributed by atoms with Gasteiger partial charge in [0.25, 0.3) is 10.0 Å². The Hall–Kier alpha value is -2.15. The van der Waals surface area contributed by atoms with E-state index in [4.69, 9.17) is 0 Å². The quantitative estimate of drug-likeness (QED) is 0.695. The smallest absolute Gasteiger partial charge is 0.268 e. The molecule has 3 aromatic rings. The molecule has 0 bridgehead atoms. The highest BCUT2D eigenvalue weighted by Gasteiger charge is 2.21. The van der Waals surface area contributed by atoms with E-state index in [1.807, 2.05) is 49.4 Å². The highest BCUT2D eigenvalue weighted by Crippen LogP contribution is 2.24. The molecule has 1 aliphatic rings. The molecule has 1 aliphatic heterocycles. The number of hydrogen-bond acceptors (Lipinski definition) is 4. The lowest BCUT2D eigenvalue weighted by Crippen LogP contribution is -2.44. The third-order valence-corrected chi connectivity index (χ3v) is 7.12. The average molecular weight is 384 g/mol. The molecule has 142 valence electrons. The molecule has 5 nitrogen and oxygen atoms in total. The fraction of sp³-hybridized carbons (Fsp3) is 0.333. The minimum absolute atomic E-state index is 0.346. The van der Waals surface area contributed by atoms with Gasteiger partial charge in [0.1, 0.15) is 0 Å². The molecule has 0 N–H and O–H groups in total. The average Bonchev–Trinajstić information content (AvgIpc) is 3.10. The van der Waals surface area contributed by atoms with E-state index >= 15 is 0 Å². The summed E-state index contributed by atoms with van der Waals surface area (Å²) in [4.78, 5) is 5.06. The molecular formula is C21H25N3O2S. The number of benzene rings is 2. The Morgan fingerprint density at radius 3 is 2.48 bits per heavy atom. The molecule has 4 rings (SSSR count). The van der Waals surface area contributed by atoms with Crippen molar-refractivity contribution in [1.82, 2.24) is 13.8 Å². The lowest BCUT2D eigenvalue weighted by atomic mass is 10.1. The predicted molar refractivity (Wildman–Crippen MR) is 108 cm³/mol. The highest BCUT2D eigenvalue weighted by atomic mass is 32.2. The van der Waals surface area contributed by atoms with E-state index in [1.165, 1.54) is 3.97 Å². The molecule has 2 aromatic carbocycles. The first kappa shape index (κ1) is 18.2. The van der Waals surface area contributed by atoms with Gasteiger partial charge in [-0.1, -0.05) is 24.3 Å². The molecule has 27 heavy (non-hydrogen) atoms. The maximum Gasteiger partial charge on any atom is 0.268 e. The first-order chi connectivity index (χ1) is 12.9. The fourth-order valence-corrected chi connectivity index (χ4v) is 5.01. The Bertz CT molecular complexity index is 1060. The number of likely N-dealkylation sites (N-methyl/N-ethyl adjacent to an activating group) is 1. The Morgan fingerprint density at radius 1 is 0.963 bits per heavy atom. The van der Waals surface area contributed by atoms with Gasteiger partial charge in [0.15, 0.2) is 0 Å². The van der Waals surface area contributed by atoms with Crippen molar-refractivity contribution in [1.29, 1.82) is 0 Å². The molecule has 0 spiro atoms. The number of piperazine rings is 1. The Morgan fingerprint density at radius 2 is 1.70 bits per heavy atom. The molecule has 0 saturated carbocycles. The first-order valence-electron chi connectivity index (χ1n) is 9.27. The van der Waals surface area contributed by atoms with Gasteiger partial charge in [-0.3, -0.25) is 4.90 Å². The predicted octanol–water partition coefficient (Wildman–Crippen LogP) is 2.93. The van der Waals surface area contributed by atoms with Crippen LogP contribution >= 0.6 is 0 Å². The van der Waals surface area contributed by atoms with Crippen molar-refractivity contribution in [3.8, 4) is 0 Å². The summed E-state index contributed by atoms with van der Waals surface area (Å²) in [5.74, 6) is 0. The van der Waals surface area contributed by atoms with Crippen LogP contribution in [0.25, 0.3) is 10.9 Å². The zero-order valence-electron chi connectivity index (χ0n) is 15.8. The summed E-state index contributed by atoms with van der Waals surface area (Å²) >= 11 is 0. The molecule has 0 amide bonds. The van der Waals surface area contributed by atoms with E-state index in [0.717, 1.165) is 49.2 Å². The van der Waals surface area contributed by atoms with E-state index < -0.39 is 10.0 Å². The SMILES string of the molecule is Cc1ccc(S(=O)(=O)n2ccc3ccccc32)cc1CN1CCN(C)CC1. The van der Waals surface area contributed by atoms with Gasteiger partial charge in [-0.15, -0.1) is 0 Å². The van der Waals surface area contributed by atoms with E-state index in [9.17, 15) is 8.42 Å². The summed E-state index contributed by atoms with van der Waals surface area (Å²) in [7, 11) is -1.49. The number of fused-ring (bicyclic) bond motifs is 1. The van der Waals surface area contributed by atoms with Crippen LogP contribution in [0.3, 0.4) is 0 Å². The number of aryl methyl sites for hydroxylation is 1. The second kappa shape index (κ2) is 7.11. The number of nitrogens with zero attached hydrogens (tertiary/aromatic N) is 3. The lowest BCUT2D eigenvalue weighted by Gasteiger charge is -2.32. The number of hydrogen-bond donors (Lipinski definition) is 0. The van der Waals surface area contributed by atoms with Crippen LogP contribution in [0, 0.1) is 6.92 Å². The second-order valence-electron chi connectivity index (χ2n) is 7.34. The number of aromatic nitrogens is 1. The maximum atomic E-state index is 13.3. The Balaban J connectivity index is 1.67. The zero-order chi connectivity index (χ0) is 19.0. The molecular weight excluding hydrogens is 358 g/mol. The van der Waals surface area contributed by atoms with Gasteiger partial charge >= 0.3 is 0 Å². The van der Waals surface area contributed by atoms with Crippen LogP contribution in [-0.4, -0.2) is 55.4 Å². The van der Waals surface area contributed by atoms with Gasteiger partial charge in [-0.25, -0.2) is 12.4 Å². The van der Waals surface area contributed by atoms with Crippen molar-refractivity contribution >= 4 is 20.9 Å². The van der Waals surface area contributed by atoms with Crippen LogP contribution in [0.1, 0.15) is 11.1 Å². The van der Waals surface area contributed by atoms with Crippen LogP contribution in [0.5, 0.6) is 0 Å². The topological polar surface area (TPSA) is 45.6 Å². The van der Waals surface area contributed by atoms with Gasteiger partial charge in [0.2, 0.25) is 0 Å². The summed E-state index contributed by atoms with van der Waals surface area (Å²) in [5.41, 5.74) is 2.92. The molecule has 0 unspecified atom stereocenters. The lowest BCUT2D eigenvalue weighted by molar-refractivity contribution is 0.148. The van der Waals surface area contributed by atoms with Crippen molar-refractivity contribution in [3.05, 3.63) is 65.9 Å². The summed E-state index contributed by atoms with van der Waals surface area (Å²) < 4.78 is 27.9. The van der Waals surface area contributed by atoms with Crippen LogP contribution in [0.15, 0.2) is 59.6 Å². The molecule has 0 aliphatic carbocycles. The van der Waals surface area contributed by atoms with Crippen molar-refractivity contribution in [2.75, 3.05) is 33.2 Å². The van der Waals surface area contributed by atoms with E-state index in [1.54, 1.807) is 12.3 Å². The number of para-hydroxylation sites is 1. The van der Waals surface area contributed by atoms with Crippen molar-refractivity contribution in [2.24, 2.45) is 0 Å². The molecule has 6 heteroatoms. The van der Waals surface area contributed by atoms with Crippen LogP contribution < -0.4 is 0 Å². The van der Waals surface area contributed by atoms with Gasteiger partial charge in [0, 0.05) is 44.3 Å². The van der Waals surface area contributed by atoms with Gasteiger partial charge < -0.3 is 4.90 Å². The van der Waals surface area contributed by atoms with Crippen LogP contribution in [0.2, 0.25) is 0 Å². The molecule has 1 fully saturated rings. The van der Waals surface area contributed by atoms with Gasteiger partial charge in [0.05, 0.1) is 10.4 Å². The first-order valence-corrected chi connectivity index (χ1v) is 10.7. The van der Waals surface area contributed by atoms with Crippen molar-refractivity contribution in [2.45, 2.75) is 18.4 Å². The molecule has 0 atom stereocenters. The Labute approximate surface area is 160 Å². The molecule has 1 aromatic heterocycles. The normalized spacial score (nSPS) is 16.8. The summed E-state index contributed by atoms with van der Waals surface area (Å²) in [6.45, 7) is 6.95. The van der Waals surface area contributed by atoms with Gasteiger partial charge in [-0.05, 0) is 49.4 Å². The highest BCUT2D eigenvalue weighted by molar-refractivity contribution is 7.90. The molecule has 2 heterocycles. The van der Waals surface area contributed by atoms with Crippen molar-refractivity contribution < 1.29 is 8.42 Å². The third kappa shape index (κ3) is 3.52. The fourth-order valence-electron chi connectivity index (χ4n) is 3.61. The van der Waals surface area contributed by atoms with E-state index in [-0.39, 0.29) is 0 Å². The summed E-state index contributed by atoms with van der Waals surface area (Å²) in [6.07, 6.45) is 1.64. The maximum absolute atomic E-state index is 13.3. The second-order valence-corrected chi connectivity index (χ2v) is 9.16. The standard InChI is InChI=1S/C21H25N3O2S/c1-17-7-8-20(15-19(17)16-23-13-11-22(2)12-14-23)27(25,26)24-10-9-18-5-3-4-6-21(18)24/h3-10,15H,11-14,16H2,1-2H3. The molecule has 1 saturated heterocycles. The number of rotatable bonds is 4. The van der Waals surface area contributed by atoms with E-state index in [2.05, 4.69) is 16.8 Å². The van der Waals surface area contributed by atoms with Crippen molar-refractivity contribution in [3.63, 3.8) is 0 Å². The van der Waals surface area contributed by atoms with Crippen LogP contribution in [-0.2, 0) is 16.6 Å². The largest absolute Gasteiger partial charge is 0.304 e. The zero-order valence-corrected chi connectivity index (χ0v) is 16.6. The third-order valence-electron chi connectivity index (χ3n) is 5.43. The Kier molecular flexibility index (Phi) is 4.80. The van der Waals surface area contributed by atoms with Gasteiger partial charge in [-0.2, -0.15) is 0 Å². The van der Waals surface area contributed by atoms with E-state index in [0.29, 0.717) is 10.4 Å². The summed E-state index contributed by atoms with van der Waals surface area (Å²) in [5, 5.41) is 0.922. The minimum atomic E-state index is -3.62. The monoisotopic (exact) mass is 383 g/mol.